The lowest BCUT2D eigenvalue weighted by molar-refractivity contribution is 0.0517. The van der Waals surface area contributed by atoms with E-state index in [0.717, 1.165) is 59.8 Å². The summed E-state index contributed by atoms with van der Waals surface area (Å²) in [4.78, 5) is 23.7. The molecule has 6 nitrogen and oxygen atoms in total. The normalized spacial score (nSPS) is 10.8. The van der Waals surface area contributed by atoms with Crippen molar-refractivity contribution < 1.29 is 28.5 Å². The minimum Gasteiger partial charge on any atom is -0.494 e. The van der Waals surface area contributed by atoms with Crippen molar-refractivity contribution in [3.63, 3.8) is 0 Å². The molecule has 0 amide bonds. The molecule has 0 bridgehead atoms. The van der Waals surface area contributed by atoms with Gasteiger partial charge in [0.25, 0.3) is 0 Å². The van der Waals surface area contributed by atoms with Crippen LogP contribution in [0.25, 0.3) is 22.3 Å². The van der Waals surface area contributed by atoms with Crippen LogP contribution < -0.4 is 9.47 Å². The van der Waals surface area contributed by atoms with Gasteiger partial charge in [-0.1, -0.05) is 113 Å². The number of ether oxygens (including phenoxy) is 4. The zero-order valence-corrected chi connectivity index (χ0v) is 30.0. The summed E-state index contributed by atoms with van der Waals surface area (Å²) in [5.41, 5.74) is 5.45. The van der Waals surface area contributed by atoms with Crippen LogP contribution in [0.1, 0.15) is 112 Å². The van der Waals surface area contributed by atoms with Gasteiger partial charge in [0.1, 0.15) is 11.5 Å². The Morgan fingerprint density at radius 1 is 0.380 bits per heavy atom. The summed E-state index contributed by atoms with van der Waals surface area (Å²) >= 11 is 0. The molecule has 0 saturated carbocycles. The number of benzene rings is 4. The van der Waals surface area contributed by atoms with E-state index < -0.39 is 0 Å². The summed E-state index contributed by atoms with van der Waals surface area (Å²) in [7, 11) is 0. The third kappa shape index (κ3) is 13.4. The molecule has 0 spiro atoms. The first-order chi connectivity index (χ1) is 24.6. The third-order valence-electron chi connectivity index (χ3n) is 8.74. The van der Waals surface area contributed by atoms with Crippen molar-refractivity contribution in [1.82, 2.24) is 0 Å². The molecule has 0 aliphatic carbocycles. The summed E-state index contributed by atoms with van der Waals surface area (Å²) in [6, 6.07) is 31.3. The molecule has 0 aliphatic rings. The van der Waals surface area contributed by atoms with Crippen molar-refractivity contribution in [2.45, 2.75) is 90.9 Å². The Balaban J connectivity index is 0.936. The summed E-state index contributed by atoms with van der Waals surface area (Å²) in [5, 5.41) is 0. The van der Waals surface area contributed by atoms with Gasteiger partial charge in [-0.25, -0.2) is 9.59 Å². The number of hydrogen-bond donors (Lipinski definition) is 0. The van der Waals surface area contributed by atoms with Gasteiger partial charge < -0.3 is 18.9 Å². The van der Waals surface area contributed by atoms with Crippen molar-refractivity contribution in [3.8, 4) is 33.8 Å². The molecular formula is C44H54O6. The van der Waals surface area contributed by atoms with Crippen LogP contribution in [0.3, 0.4) is 0 Å². The van der Waals surface area contributed by atoms with E-state index in [-0.39, 0.29) is 11.9 Å². The van der Waals surface area contributed by atoms with E-state index >= 15 is 0 Å². The zero-order valence-electron chi connectivity index (χ0n) is 30.0. The number of hydrogen-bond acceptors (Lipinski definition) is 6. The second-order valence-electron chi connectivity index (χ2n) is 12.6. The van der Waals surface area contributed by atoms with E-state index in [1.54, 1.807) is 24.3 Å². The first-order valence-electron chi connectivity index (χ1n) is 18.6. The Kier molecular flexibility index (Phi) is 17.0. The van der Waals surface area contributed by atoms with Crippen LogP contribution in [-0.2, 0) is 9.47 Å². The van der Waals surface area contributed by atoms with Crippen molar-refractivity contribution >= 4 is 11.9 Å². The van der Waals surface area contributed by atoms with Crippen LogP contribution >= 0.6 is 0 Å². The molecule has 0 atom stereocenters. The summed E-state index contributed by atoms with van der Waals surface area (Å²) < 4.78 is 22.0. The predicted molar refractivity (Wildman–Crippen MR) is 202 cm³/mol. The molecule has 0 unspecified atom stereocenters. The highest BCUT2D eigenvalue weighted by Gasteiger charge is 2.08. The summed E-state index contributed by atoms with van der Waals surface area (Å²) in [6.45, 7) is 5.88. The lowest BCUT2D eigenvalue weighted by atomic mass is 10.0. The highest BCUT2D eigenvalue weighted by molar-refractivity contribution is 5.90. The van der Waals surface area contributed by atoms with Gasteiger partial charge in [0, 0.05) is 0 Å². The van der Waals surface area contributed by atoms with Crippen LogP contribution in [-0.4, -0.2) is 38.4 Å². The van der Waals surface area contributed by atoms with E-state index in [4.69, 9.17) is 18.9 Å². The lowest BCUT2D eigenvalue weighted by Gasteiger charge is -2.08. The maximum atomic E-state index is 11.9. The van der Waals surface area contributed by atoms with Gasteiger partial charge in [0.2, 0.25) is 0 Å². The quantitative estimate of drug-likeness (QED) is 0.0574. The minimum atomic E-state index is -0.288. The van der Waals surface area contributed by atoms with E-state index in [0.29, 0.717) is 24.3 Å². The van der Waals surface area contributed by atoms with Gasteiger partial charge >= 0.3 is 11.9 Å². The van der Waals surface area contributed by atoms with Crippen LogP contribution in [0.4, 0.5) is 0 Å². The topological polar surface area (TPSA) is 71.1 Å². The highest BCUT2D eigenvalue weighted by Crippen LogP contribution is 2.25. The van der Waals surface area contributed by atoms with Crippen LogP contribution in [0.5, 0.6) is 11.5 Å². The molecule has 0 saturated heterocycles. The molecule has 0 fully saturated rings. The first-order valence-corrected chi connectivity index (χ1v) is 18.6. The molecule has 4 aromatic carbocycles. The van der Waals surface area contributed by atoms with Crippen molar-refractivity contribution in [2.75, 3.05) is 26.4 Å². The van der Waals surface area contributed by atoms with Gasteiger partial charge in [0.05, 0.1) is 37.6 Å². The molecule has 4 rings (SSSR count). The van der Waals surface area contributed by atoms with E-state index in [9.17, 15) is 9.59 Å². The summed E-state index contributed by atoms with van der Waals surface area (Å²) in [5.74, 6) is 1.22. The molecule has 0 aromatic heterocycles. The Labute approximate surface area is 299 Å². The fraction of sp³-hybridized carbons (Fsp3) is 0.409. The molecule has 0 N–H and O–H groups in total. The van der Waals surface area contributed by atoms with Gasteiger partial charge in [-0.2, -0.15) is 0 Å². The standard InChI is InChI=1S/C44H54O6/c1-3-47-43(45)39-21-17-35(18-22-39)37-25-29-41(30-26-37)49-33-15-13-11-9-7-5-6-8-10-12-14-16-34-50-42-31-27-38(28-32-42)36-19-23-40(24-20-36)44(46)48-4-2/h17-32H,3-16,33-34H2,1-2H3. The monoisotopic (exact) mass is 678 g/mol. The molecule has 6 heteroatoms. The number of carbonyl (C=O) groups is 2. The molecule has 0 aliphatic heterocycles. The Morgan fingerprint density at radius 2 is 0.640 bits per heavy atom. The Morgan fingerprint density at radius 3 is 0.920 bits per heavy atom. The minimum absolute atomic E-state index is 0.288. The number of esters is 2. The predicted octanol–water partition coefficient (Wildman–Crippen LogP) is 11.5. The smallest absolute Gasteiger partial charge is 0.338 e. The third-order valence-corrected chi connectivity index (χ3v) is 8.74. The molecular weight excluding hydrogens is 624 g/mol. The van der Waals surface area contributed by atoms with Crippen molar-refractivity contribution in [1.29, 1.82) is 0 Å². The lowest BCUT2D eigenvalue weighted by Crippen LogP contribution is -2.03. The maximum absolute atomic E-state index is 11.9. The Hall–Kier alpha value is -4.58. The molecule has 4 aromatic rings. The Bertz CT molecular complexity index is 1410. The van der Waals surface area contributed by atoms with E-state index in [1.165, 1.54) is 64.2 Å². The maximum Gasteiger partial charge on any atom is 0.338 e. The average molecular weight is 679 g/mol. The van der Waals surface area contributed by atoms with E-state index in [2.05, 4.69) is 24.3 Å². The molecule has 0 radical (unpaired) electrons. The second-order valence-corrected chi connectivity index (χ2v) is 12.6. The zero-order chi connectivity index (χ0) is 35.2. The fourth-order valence-electron chi connectivity index (χ4n) is 5.87. The van der Waals surface area contributed by atoms with Gasteiger partial charge in [-0.05, 0) is 97.5 Å². The molecule has 50 heavy (non-hydrogen) atoms. The van der Waals surface area contributed by atoms with Crippen molar-refractivity contribution in [2.24, 2.45) is 0 Å². The average Bonchev–Trinajstić information content (AvgIpc) is 3.15. The molecule has 266 valence electrons. The number of carbonyl (C=O) groups excluding carboxylic acids is 2. The fourth-order valence-corrected chi connectivity index (χ4v) is 5.87. The number of unbranched alkanes of at least 4 members (excludes halogenated alkanes) is 11. The van der Waals surface area contributed by atoms with Gasteiger partial charge in [-0.15, -0.1) is 0 Å². The van der Waals surface area contributed by atoms with Gasteiger partial charge in [-0.3, -0.25) is 0 Å². The highest BCUT2D eigenvalue weighted by atomic mass is 16.5. The summed E-state index contributed by atoms with van der Waals surface area (Å²) in [6.07, 6.45) is 15.1. The van der Waals surface area contributed by atoms with Crippen molar-refractivity contribution in [3.05, 3.63) is 108 Å². The molecule has 0 heterocycles. The first kappa shape index (κ1) is 38.2. The van der Waals surface area contributed by atoms with Crippen LogP contribution in [0.15, 0.2) is 97.1 Å². The van der Waals surface area contributed by atoms with Crippen LogP contribution in [0, 0.1) is 0 Å². The van der Waals surface area contributed by atoms with Gasteiger partial charge in [0.15, 0.2) is 0 Å². The second kappa shape index (κ2) is 22.2. The SMILES string of the molecule is CCOC(=O)c1ccc(-c2ccc(OCCCCCCCCCCCCCCOc3ccc(-c4ccc(C(=O)OCC)cc4)cc3)cc2)cc1. The largest absolute Gasteiger partial charge is 0.494 e. The van der Waals surface area contributed by atoms with Crippen LogP contribution in [0.2, 0.25) is 0 Å². The van der Waals surface area contributed by atoms with E-state index in [1.807, 2.05) is 62.4 Å². The number of rotatable bonds is 23.